The molecule has 2 fully saturated rings. The van der Waals surface area contributed by atoms with Gasteiger partial charge >= 0.3 is 0 Å². The van der Waals surface area contributed by atoms with E-state index in [9.17, 15) is 4.79 Å². The Bertz CT molecular complexity index is 439. The maximum absolute atomic E-state index is 10.8. The summed E-state index contributed by atoms with van der Waals surface area (Å²) in [5.74, 6) is -0.334. The van der Waals surface area contributed by atoms with Crippen LogP contribution in [0.2, 0.25) is 0 Å². The van der Waals surface area contributed by atoms with Gasteiger partial charge in [0.1, 0.15) is 6.29 Å². The molecule has 0 amide bonds. The fraction of sp³-hybridized carbons (Fsp3) is 0.588. The lowest BCUT2D eigenvalue weighted by molar-refractivity contribution is -0.185. The Morgan fingerprint density at radius 3 is 2.25 bits per heavy atom. The lowest BCUT2D eigenvalue weighted by atomic mass is 9.65. The van der Waals surface area contributed by atoms with E-state index in [1.165, 1.54) is 5.56 Å². The van der Waals surface area contributed by atoms with Crippen LogP contribution in [0.3, 0.4) is 0 Å². The van der Waals surface area contributed by atoms with Crippen molar-refractivity contribution in [3.05, 3.63) is 35.9 Å². The largest absolute Gasteiger partial charge is 0.348 e. The van der Waals surface area contributed by atoms with Crippen molar-refractivity contribution >= 4 is 6.29 Å². The van der Waals surface area contributed by atoms with Crippen LogP contribution in [0.4, 0.5) is 0 Å². The topological polar surface area (TPSA) is 35.5 Å². The number of carbonyl (C=O) groups excluding carboxylic acids is 1. The van der Waals surface area contributed by atoms with Gasteiger partial charge in [0.25, 0.3) is 0 Å². The van der Waals surface area contributed by atoms with Crippen molar-refractivity contribution in [2.24, 2.45) is 0 Å². The van der Waals surface area contributed by atoms with Gasteiger partial charge < -0.3 is 14.3 Å². The minimum Gasteiger partial charge on any atom is -0.348 e. The van der Waals surface area contributed by atoms with Crippen molar-refractivity contribution < 1.29 is 14.3 Å². The van der Waals surface area contributed by atoms with E-state index in [2.05, 4.69) is 24.3 Å². The van der Waals surface area contributed by atoms with Crippen LogP contribution < -0.4 is 0 Å². The van der Waals surface area contributed by atoms with Crippen molar-refractivity contribution in [2.45, 2.75) is 49.7 Å². The molecule has 2 aliphatic rings. The Morgan fingerprint density at radius 2 is 1.65 bits per heavy atom. The van der Waals surface area contributed by atoms with Gasteiger partial charge in [-0.15, -0.1) is 0 Å². The van der Waals surface area contributed by atoms with Gasteiger partial charge in [0, 0.05) is 19.3 Å². The van der Waals surface area contributed by atoms with Crippen LogP contribution in [-0.4, -0.2) is 25.3 Å². The molecule has 1 saturated carbocycles. The highest BCUT2D eigenvalue weighted by molar-refractivity contribution is 5.49. The van der Waals surface area contributed by atoms with Gasteiger partial charge in [-0.05, 0) is 30.2 Å². The van der Waals surface area contributed by atoms with E-state index in [4.69, 9.17) is 9.47 Å². The highest BCUT2D eigenvalue weighted by atomic mass is 16.7. The highest BCUT2D eigenvalue weighted by Gasteiger charge is 2.46. The van der Waals surface area contributed by atoms with Gasteiger partial charge in [0.2, 0.25) is 0 Å². The van der Waals surface area contributed by atoms with Crippen molar-refractivity contribution in [3.8, 4) is 0 Å². The monoisotopic (exact) mass is 274 g/mol. The van der Waals surface area contributed by atoms with E-state index >= 15 is 0 Å². The molecule has 1 aliphatic carbocycles. The van der Waals surface area contributed by atoms with Gasteiger partial charge in [-0.25, -0.2) is 0 Å². The Hall–Kier alpha value is -1.19. The molecule has 0 radical (unpaired) electrons. The van der Waals surface area contributed by atoms with E-state index in [0.29, 0.717) is 19.6 Å². The molecule has 1 aliphatic heterocycles. The SMILES string of the molecule is O=CCCC1(c2ccccc2)CCC2(CC1)OCCO2. The first-order chi connectivity index (χ1) is 9.79. The van der Waals surface area contributed by atoms with Crippen LogP contribution in [0.5, 0.6) is 0 Å². The van der Waals surface area contributed by atoms with Crippen molar-refractivity contribution in [1.29, 1.82) is 0 Å². The molecule has 1 aromatic carbocycles. The fourth-order valence-corrected chi connectivity index (χ4v) is 3.71. The molecule has 20 heavy (non-hydrogen) atoms. The number of rotatable bonds is 4. The second-order valence-corrected chi connectivity index (χ2v) is 5.96. The third-order valence-corrected chi connectivity index (χ3v) is 4.91. The number of aldehydes is 1. The maximum Gasteiger partial charge on any atom is 0.168 e. The standard InChI is InChI=1S/C17H22O3/c18-12-4-7-16(15-5-2-1-3-6-15)8-10-17(11-9-16)19-13-14-20-17/h1-3,5-6,12H,4,7-11,13-14H2. The number of carbonyl (C=O) groups is 1. The molecular formula is C17H22O3. The minimum absolute atomic E-state index is 0.114. The molecule has 0 unspecified atom stereocenters. The molecule has 3 nitrogen and oxygen atoms in total. The van der Waals surface area contributed by atoms with Crippen LogP contribution in [0.15, 0.2) is 30.3 Å². The summed E-state index contributed by atoms with van der Waals surface area (Å²) >= 11 is 0. The van der Waals surface area contributed by atoms with E-state index in [1.54, 1.807) is 0 Å². The predicted molar refractivity (Wildman–Crippen MR) is 76.5 cm³/mol. The smallest absolute Gasteiger partial charge is 0.168 e. The fourth-order valence-electron chi connectivity index (χ4n) is 3.71. The molecule has 1 heterocycles. The van der Waals surface area contributed by atoms with Gasteiger partial charge in [0.05, 0.1) is 13.2 Å². The molecule has 3 heteroatoms. The molecule has 0 bridgehead atoms. The Labute approximate surface area is 120 Å². The average Bonchev–Trinajstić information content (AvgIpc) is 2.97. The summed E-state index contributed by atoms with van der Waals surface area (Å²) in [6, 6.07) is 10.6. The summed E-state index contributed by atoms with van der Waals surface area (Å²) in [6.07, 6.45) is 6.52. The molecule has 1 aromatic rings. The van der Waals surface area contributed by atoms with Crippen molar-refractivity contribution in [1.82, 2.24) is 0 Å². The molecule has 1 saturated heterocycles. The van der Waals surface area contributed by atoms with Crippen LogP contribution in [0.1, 0.15) is 44.1 Å². The van der Waals surface area contributed by atoms with Gasteiger partial charge in [-0.1, -0.05) is 30.3 Å². The second-order valence-electron chi connectivity index (χ2n) is 5.96. The van der Waals surface area contributed by atoms with E-state index in [1.807, 2.05) is 6.07 Å². The second kappa shape index (κ2) is 5.66. The first-order valence-corrected chi connectivity index (χ1v) is 7.56. The molecule has 1 spiro atoms. The zero-order valence-corrected chi connectivity index (χ0v) is 11.8. The molecule has 3 rings (SSSR count). The average molecular weight is 274 g/mol. The Morgan fingerprint density at radius 1 is 1.00 bits per heavy atom. The molecule has 0 aromatic heterocycles. The van der Waals surface area contributed by atoms with Crippen LogP contribution in [0.25, 0.3) is 0 Å². The summed E-state index contributed by atoms with van der Waals surface area (Å²) in [4.78, 5) is 10.8. The van der Waals surface area contributed by atoms with Crippen molar-refractivity contribution in [2.75, 3.05) is 13.2 Å². The summed E-state index contributed by atoms with van der Waals surface area (Å²) < 4.78 is 11.6. The van der Waals surface area contributed by atoms with Gasteiger partial charge in [-0.3, -0.25) is 0 Å². The quantitative estimate of drug-likeness (QED) is 0.791. The van der Waals surface area contributed by atoms with E-state index in [-0.39, 0.29) is 11.2 Å². The molecule has 108 valence electrons. The summed E-state index contributed by atoms with van der Waals surface area (Å²) in [7, 11) is 0. The number of hydrogen-bond acceptors (Lipinski definition) is 3. The Balaban J connectivity index is 1.80. The number of benzene rings is 1. The van der Waals surface area contributed by atoms with Crippen LogP contribution in [0, 0.1) is 0 Å². The van der Waals surface area contributed by atoms with Gasteiger partial charge in [-0.2, -0.15) is 0 Å². The Kier molecular flexibility index (Phi) is 3.90. The van der Waals surface area contributed by atoms with Crippen LogP contribution in [-0.2, 0) is 19.7 Å². The lowest BCUT2D eigenvalue weighted by Crippen LogP contribution is -2.42. The zero-order chi connectivity index (χ0) is 13.9. The third kappa shape index (κ3) is 2.52. The minimum atomic E-state index is -0.334. The van der Waals surface area contributed by atoms with Crippen molar-refractivity contribution in [3.63, 3.8) is 0 Å². The summed E-state index contributed by atoms with van der Waals surface area (Å²) in [5.41, 5.74) is 1.47. The molecule has 0 N–H and O–H groups in total. The zero-order valence-electron chi connectivity index (χ0n) is 11.8. The van der Waals surface area contributed by atoms with E-state index in [0.717, 1.165) is 38.4 Å². The number of ether oxygens (including phenoxy) is 2. The van der Waals surface area contributed by atoms with E-state index < -0.39 is 0 Å². The first kappa shape index (κ1) is 13.8. The highest BCUT2D eigenvalue weighted by Crippen LogP contribution is 2.48. The predicted octanol–water partition coefficient (Wildman–Crippen LogP) is 3.22. The molecular weight excluding hydrogens is 252 g/mol. The first-order valence-electron chi connectivity index (χ1n) is 7.56. The third-order valence-electron chi connectivity index (χ3n) is 4.91. The maximum atomic E-state index is 10.8. The molecule has 0 atom stereocenters. The summed E-state index contributed by atoms with van der Waals surface area (Å²) in [6.45, 7) is 1.43. The normalized spacial score (nSPS) is 23.8. The van der Waals surface area contributed by atoms with Crippen LogP contribution >= 0.6 is 0 Å². The summed E-state index contributed by atoms with van der Waals surface area (Å²) in [5, 5.41) is 0. The lowest BCUT2D eigenvalue weighted by Gasteiger charge is -2.44. The van der Waals surface area contributed by atoms with Gasteiger partial charge in [0.15, 0.2) is 5.79 Å². The number of hydrogen-bond donors (Lipinski definition) is 0.